The first kappa shape index (κ1) is 19.2. The molecule has 0 fully saturated rings. The zero-order chi connectivity index (χ0) is 18.4. The number of carbonyl (C=O) groups is 2. The molecule has 6 nitrogen and oxygen atoms in total. The number of hydrogen-bond acceptors (Lipinski definition) is 4. The molecule has 0 saturated carbocycles. The summed E-state index contributed by atoms with van der Waals surface area (Å²) in [6.45, 7) is 6.16. The Kier molecular flexibility index (Phi) is 6.78. The van der Waals surface area contributed by atoms with E-state index in [9.17, 15) is 9.59 Å². The summed E-state index contributed by atoms with van der Waals surface area (Å²) < 4.78 is 11.1. The first-order valence-corrected chi connectivity index (χ1v) is 8.60. The van der Waals surface area contributed by atoms with Crippen LogP contribution in [0.15, 0.2) is 52.7 Å². The van der Waals surface area contributed by atoms with Crippen molar-refractivity contribution in [2.75, 3.05) is 26.9 Å². The van der Waals surface area contributed by atoms with Gasteiger partial charge in [-0.3, -0.25) is 4.90 Å². The van der Waals surface area contributed by atoms with Gasteiger partial charge in [-0.25, -0.2) is 9.59 Å². The maximum Gasteiger partial charge on any atom is 0.338 e. The molecule has 0 aromatic heterocycles. The van der Waals surface area contributed by atoms with Crippen LogP contribution in [0.25, 0.3) is 0 Å². The number of urea groups is 1. The van der Waals surface area contributed by atoms with Crippen molar-refractivity contribution in [1.29, 1.82) is 0 Å². The van der Waals surface area contributed by atoms with Crippen molar-refractivity contribution in [1.82, 2.24) is 10.2 Å². The summed E-state index contributed by atoms with van der Waals surface area (Å²) in [5, 5.41) is 2.87. The van der Waals surface area contributed by atoms with Crippen molar-refractivity contribution in [3.8, 4) is 0 Å². The molecule has 7 heteroatoms. The third-order valence-corrected chi connectivity index (χ3v) is 4.38. The number of methoxy groups -OCH3 is 1. The number of amides is 2. The molecule has 2 amide bonds. The fourth-order valence-corrected chi connectivity index (χ4v) is 2.86. The molecular weight excluding hydrogens is 388 g/mol. The van der Waals surface area contributed by atoms with Gasteiger partial charge in [-0.1, -0.05) is 34.1 Å². The van der Waals surface area contributed by atoms with E-state index >= 15 is 0 Å². The lowest BCUT2D eigenvalue weighted by atomic mass is 9.95. The fraction of sp³-hybridized carbons (Fsp3) is 0.333. The minimum Gasteiger partial charge on any atom is -0.460 e. The Morgan fingerprint density at radius 1 is 1.36 bits per heavy atom. The number of carbonyl (C=O) groups excluding carboxylic acids is 2. The number of ether oxygens (including phenoxy) is 2. The largest absolute Gasteiger partial charge is 0.460 e. The average molecular weight is 409 g/mol. The number of hydrogen-bond donors (Lipinski definition) is 1. The molecule has 0 spiro atoms. The van der Waals surface area contributed by atoms with E-state index in [0.29, 0.717) is 24.4 Å². The number of nitrogens with zero attached hydrogens (tertiary/aromatic N) is 1. The van der Waals surface area contributed by atoms with E-state index < -0.39 is 12.0 Å². The van der Waals surface area contributed by atoms with E-state index in [1.165, 1.54) is 12.0 Å². The molecule has 1 atom stereocenters. The molecule has 0 radical (unpaired) electrons. The Hall–Kier alpha value is -2.12. The van der Waals surface area contributed by atoms with Gasteiger partial charge in [0.15, 0.2) is 0 Å². The zero-order valence-corrected chi connectivity index (χ0v) is 15.8. The summed E-state index contributed by atoms with van der Waals surface area (Å²) in [5.74, 6) is -0.475. The first-order chi connectivity index (χ1) is 12.0. The summed E-state index contributed by atoms with van der Waals surface area (Å²) in [5.41, 5.74) is 1.76. The summed E-state index contributed by atoms with van der Waals surface area (Å²) in [4.78, 5) is 26.5. The van der Waals surface area contributed by atoms with Crippen LogP contribution < -0.4 is 5.32 Å². The summed E-state index contributed by atoms with van der Waals surface area (Å²) in [6, 6.07) is 6.58. The minimum atomic E-state index is -0.572. The summed E-state index contributed by atoms with van der Waals surface area (Å²) in [6.07, 6.45) is 1.61. The Labute approximate surface area is 155 Å². The lowest BCUT2D eigenvalue weighted by molar-refractivity contribution is -0.140. The highest BCUT2D eigenvalue weighted by molar-refractivity contribution is 9.10. The number of halogens is 1. The van der Waals surface area contributed by atoms with Crippen LogP contribution in [0.5, 0.6) is 0 Å². The van der Waals surface area contributed by atoms with Gasteiger partial charge in [-0.15, -0.1) is 6.58 Å². The second kappa shape index (κ2) is 8.82. The van der Waals surface area contributed by atoms with E-state index in [4.69, 9.17) is 9.47 Å². The molecule has 1 unspecified atom stereocenters. The van der Waals surface area contributed by atoms with Crippen molar-refractivity contribution in [2.24, 2.45) is 0 Å². The smallest absolute Gasteiger partial charge is 0.338 e. The molecule has 1 aromatic rings. The van der Waals surface area contributed by atoms with Gasteiger partial charge >= 0.3 is 12.0 Å². The highest BCUT2D eigenvalue weighted by Crippen LogP contribution is 2.31. The van der Waals surface area contributed by atoms with Crippen LogP contribution >= 0.6 is 15.9 Å². The van der Waals surface area contributed by atoms with Crippen LogP contribution in [-0.4, -0.2) is 43.8 Å². The molecule has 25 heavy (non-hydrogen) atoms. The molecule has 1 aromatic carbocycles. The number of nitrogens with one attached hydrogen (secondary N) is 1. The second-order valence-corrected chi connectivity index (χ2v) is 6.38. The van der Waals surface area contributed by atoms with Gasteiger partial charge in [0.1, 0.15) is 6.61 Å². The fourth-order valence-electron chi connectivity index (χ4n) is 2.60. The Balaban J connectivity index is 2.41. The van der Waals surface area contributed by atoms with Crippen LogP contribution in [0.4, 0.5) is 4.79 Å². The van der Waals surface area contributed by atoms with E-state index in [0.717, 1.165) is 10.0 Å². The molecule has 1 aliphatic heterocycles. The number of rotatable bonds is 7. The molecule has 0 aliphatic carbocycles. The van der Waals surface area contributed by atoms with E-state index in [1.54, 1.807) is 13.0 Å². The SMILES string of the molecule is C=CCN1C(=O)NC(c2ccc(Br)cc2)C(C(=O)OCCOC)=C1C. The van der Waals surface area contributed by atoms with Crippen LogP contribution in [0.1, 0.15) is 18.5 Å². The van der Waals surface area contributed by atoms with Gasteiger partial charge in [-0.05, 0) is 24.6 Å². The van der Waals surface area contributed by atoms with Crippen molar-refractivity contribution < 1.29 is 19.1 Å². The Morgan fingerprint density at radius 3 is 2.64 bits per heavy atom. The van der Waals surface area contributed by atoms with Gasteiger partial charge in [0.05, 0.1) is 18.2 Å². The van der Waals surface area contributed by atoms with E-state index in [1.807, 2.05) is 24.3 Å². The van der Waals surface area contributed by atoms with E-state index in [2.05, 4.69) is 27.8 Å². The van der Waals surface area contributed by atoms with Gasteiger partial charge in [-0.2, -0.15) is 0 Å². The Bertz CT molecular complexity index is 685. The highest BCUT2D eigenvalue weighted by Gasteiger charge is 2.36. The van der Waals surface area contributed by atoms with Gasteiger partial charge < -0.3 is 14.8 Å². The molecular formula is C18H21BrN2O4. The zero-order valence-electron chi connectivity index (χ0n) is 14.3. The monoisotopic (exact) mass is 408 g/mol. The van der Waals surface area contributed by atoms with Crippen LogP contribution in [0, 0.1) is 0 Å². The van der Waals surface area contributed by atoms with Crippen molar-refractivity contribution in [2.45, 2.75) is 13.0 Å². The third-order valence-electron chi connectivity index (χ3n) is 3.85. The predicted octanol–water partition coefficient (Wildman–Crippen LogP) is 3.17. The first-order valence-electron chi connectivity index (χ1n) is 7.80. The maximum absolute atomic E-state index is 12.6. The molecule has 1 aliphatic rings. The average Bonchev–Trinajstić information content (AvgIpc) is 2.59. The third kappa shape index (κ3) is 4.49. The second-order valence-electron chi connectivity index (χ2n) is 5.46. The maximum atomic E-state index is 12.6. The van der Waals surface area contributed by atoms with Crippen LogP contribution in [-0.2, 0) is 14.3 Å². The minimum absolute atomic E-state index is 0.147. The summed E-state index contributed by atoms with van der Waals surface area (Å²) >= 11 is 3.39. The number of benzene rings is 1. The van der Waals surface area contributed by atoms with Crippen LogP contribution in [0.2, 0.25) is 0 Å². The summed E-state index contributed by atoms with van der Waals surface area (Å²) in [7, 11) is 1.54. The van der Waals surface area contributed by atoms with Crippen molar-refractivity contribution in [3.05, 3.63) is 58.2 Å². The molecule has 2 rings (SSSR count). The number of esters is 1. The van der Waals surface area contributed by atoms with Crippen molar-refractivity contribution in [3.63, 3.8) is 0 Å². The Morgan fingerprint density at radius 2 is 2.04 bits per heavy atom. The predicted molar refractivity (Wildman–Crippen MR) is 97.9 cm³/mol. The van der Waals surface area contributed by atoms with Gasteiger partial charge in [0, 0.05) is 23.8 Å². The molecule has 134 valence electrons. The normalized spacial score (nSPS) is 17.3. The van der Waals surface area contributed by atoms with Crippen molar-refractivity contribution >= 4 is 27.9 Å². The topological polar surface area (TPSA) is 67.9 Å². The number of allylic oxidation sites excluding steroid dienone is 1. The standard InChI is InChI=1S/C18H21BrN2O4/c1-4-9-21-12(2)15(17(22)25-11-10-24-3)16(20-18(21)23)13-5-7-14(19)8-6-13/h4-8,16H,1,9-11H2,2-3H3,(H,20,23). The lowest BCUT2D eigenvalue weighted by Crippen LogP contribution is -2.48. The lowest BCUT2D eigenvalue weighted by Gasteiger charge is -2.34. The molecule has 1 N–H and O–H groups in total. The van der Waals surface area contributed by atoms with E-state index in [-0.39, 0.29) is 12.6 Å². The molecule has 0 saturated heterocycles. The quantitative estimate of drug-likeness (QED) is 0.427. The highest BCUT2D eigenvalue weighted by atomic mass is 79.9. The molecule has 1 heterocycles. The molecule has 0 bridgehead atoms. The van der Waals surface area contributed by atoms with Crippen LogP contribution in [0.3, 0.4) is 0 Å². The van der Waals surface area contributed by atoms with Gasteiger partial charge in [0.25, 0.3) is 0 Å². The van der Waals surface area contributed by atoms with Gasteiger partial charge in [0.2, 0.25) is 0 Å².